The van der Waals surface area contributed by atoms with Gasteiger partial charge >= 0.3 is 0 Å². The van der Waals surface area contributed by atoms with Crippen LogP contribution in [-0.4, -0.2) is 38.0 Å². The van der Waals surface area contributed by atoms with Crippen LogP contribution in [0.15, 0.2) is 52.9 Å². The van der Waals surface area contributed by atoms with E-state index in [1.54, 1.807) is 18.2 Å². The second-order valence-corrected chi connectivity index (χ2v) is 6.99. The summed E-state index contributed by atoms with van der Waals surface area (Å²) in [6.07, 6.45) is 0. The van der Waals surface area contributed by atoms with Crippen LogP contribution in [0.4, 0.5) is 11.6 Å². The van der Waals surface area contributed by atoms with Gasteiger partial charge in [-0.3, -0.25) is 0 Å². The highest BCUT2D eigenvalue weighted by molar-refractivity contribution is 5.52. The molecule has 0 saturated carbocycles. The maximum absolute atomic E-state index is 9.50. The molecule has 0 N–H and O–H groups in total. The van der Waals surface area contributed by atoms with Crippen molar-refractivity contribution >= 4 is 11.6 Å². The fourth-order valence-electron chi connectivity index (χ4n) is 3.62. The molecule has 2 aliphatic rings. The van der Waals surface area contributed by atoms with Crippen molar-refractivity contribution < 1.29 is 18.6 Å². The second-order valence-electron chi connectivity index (χ2n) is 6.99. The third-order valence-corrected chi connectivity index (χ3v) is 5.15. The average molecular weight is 404 g/mol. The maximum atomic E-state index is 9.50. The Morgan fingerprint density at radius 3 is 2.53 bits per heavy atom. The molecule has 3 aromatic rings. The smallest absolute Gasteiger partial charge is 0.236 e. The predicted octanol–water partition coefficient (Wildman–Crippen LogP) is 3.18. The van der Waals surface area contributed by atoms with Crippen molar-refractivity contribution in [3.8, 4) is 23.3 Å². The lowest BCUT2D eigenvalue weighted by molar-refractivity contribution is 0.173. The number of fused-ring (bicyclic) bond motifs is 1. The minimum Gasteiger partial charge on any atom is -0.484 e. The number of hydrogen-bond acceptors (Lipinski definition) is 8. The molecule has 5 rings (SSSR count). The number of benzene rings is 2. The molecule has 1 aromatic heterocycles. The summed E-state index contributed by atoms with van der Waals surface area (Å²) in [4.78, 5) is 8.69. The Morgan fingerprint density at radius 1 is 0.967 bits per heavy atom. The SMILES string of the molecule is N#Cc1nc(COc2ccc3c(c2)OCO3)oc1N1CCN(c2ccccc2)CC1. The summed E-state index contributed by atoms with van der Waals surface area (Å²) in [6, 6.07) is 17.8. The molecule has 30 heavy (non-hydrogen) atoms. The first-order valence-corrected chi connectivity index (χ1v) is 9.77. The van der Waals surface area contributed by atoms with Crippen LogP contribution >= 0.6 is 0 Å². The van der Waals surface area contributed by atoms with Gasteiger partial charge in [0.25, 0.3) is 0 Å². The van der Waals surface area contributed by atoms with Gasteiger partial charge in [-0.15, -0.1) is 0 Å². The third kappa shape index (κ3) is 3.57. The highest BCUT2D eigenvalue weighted by atomic mass is 16.7. The Morgan fingerprint density at radius 2 is 1.73 bits per heavy atom. The summed E-state index contributed by atoms with van der Waals surface area (Å²) >= 11 is 0. The van der Waals surface area contributed by atoms with Crippen LogP contribution in [0, 0.1) is 11.3 Å². The summed E-state index contributed by atoms with van der Waals surface area (Å²) in [5.41, 5.74) is 1.49. The lowest BCUT2D eigenvalue weighted by Crippen LogP contribution is -2.46. The van der Waals surface area contributed by atoms with Crippen molar-refractivity contribution in [1.29, 1.82) is 5.26 Å². The average Bonchev–Trinajstić information content (AvgIpc) is 3.45. The van der Waals surface area contributed by atoms with Crippen molar-refractivity contribution in [1.82, 2.24) is 4.98 Å². The molecule has 0 radical (unpaired) electrons. The molecule has 0 bridgehead atoms. The van der Waals surface area contributed by atoms with Gasteiger partial charge in [-0.2, -0.15) is 10.2 Å². The number of nitrogens with zero attached hydrogens (tertiary/aromatic N) is 4. The molecule has 0 unspecified atom stereocenters. The third-order valence-electron chi connectivity index (χ3n) is 5.15. The molecule has 2 aliphatic heterocycles. The zero-order valence-corrected chi connectivity index (χ0v) is 16.3. The molecular weight excluding hydrogens is 384 g/mol. The van der Waals surface area contributed by atoms with Gasteiger partial charge in [-0.25, -0.2) is 0 Å². The fraction of sp³-hybridized carbons (Fsp3) is 0.273. The Bertz CT molecular complexity index is 1070. The van der Waals surface area contributed by atoms with Gasteiger partial charge in [0.15, 0.2) is 18.1 Å². The summed E-state index contributed by atoms with van der Waals surface area (Å²) in [5.74, 6) is 2.84. The second kappa shape index (κ2) is 7.87. The highest BCUT2D eigenvalue weighted by Crippen LogP contribution is 2.35. The summed E-state index contributed by atoms with van der Waals surface area (Å²) in [6.45, 7) is 3.53. The van der Waals surface area contributed by atoms with E-state index < -0.39 is 0 Å². The molecule has 1 fully saturated rings. The predicted molar refractivity (Wildman–Crippen MR) is 109 cm³/mol. The van der Waals surface area contributed by atoms with Crippen LogP contribution in [0.3, 0.4) is 0 Å². The van der Waals surface area contributed by atoms with E-state index in [4.69, 9.17) is 18.6 Å². The number of rotatable bonds is 5. The fourth-order valence-corrected chi connectivity index (χ4v) is 3.62. The number of ether oxygens (including phenoxy) is 3. The molecule has 3 heterocycles. The van der Waals surface area contributed by atoms with Crippen LogP contribution in [0.2, 0.25) is 0 Å². The van der Waals surface area contributed by atoms with Crippen LogP contribution in [0.25, 0.3) is 0 Å². The number of piperazine rings is 1. The van der Waals surface area contributed by atoms with Crippen molar-refractivity contribution in [2.24, 2.45) is 0 Å². The quantitative estimate of drug-likeness (QED) is 0.641. The molecule has 1 saturated heterocycles. The van der Waals surface area contributed by atoms with E-state index in [-0.39, 0.29) is 19.1 Å². The molecule has 0 atom stereocenters. The zero-order chi connectivity index (χ0) is 20.3. The van der Waals surface area contributed by atoms with Gasteiger partial charge in [0.05, 0.1) is 0 Å². The van der Waals surface area contributed by atoms with Gasteiger partial charge in [-0.1, -0.05) is 18.2 Å². The summed E-state index contributed by atoms with van der Waals surface area (Å²) in [5, 5.41) is 9.50. The first kappa shape index (κ1) is 18.2. The van der Waals surface area contributed by atoms with Gasteiger partial charge in [0, 0.05) is 37.9 Å². The molecule has 0 amide bonds. The van der Waals surface area contributed by atoms with E-state index in [1.807, 2.05) is 18.2 Å². The lowest BCUT2D eigenvalue weighted by Gasteiger charge is -2.35. The molecular formula is C22H20N4O4. The molecule has 8 heteroatoms. The highest BCUT2D eigenvalue weighted by Gasteiger charge is 2.24. The van der Waals surface area contributed by atoms with Crippen LogP contribution in [-0.2, 0) is 6.61 Å². The van der Waals surface area contributed by atoms with Crippen molar-refractivity contribution in [2.45, 2.75) is 6.61 Å². The van der Waals surface area contributed by atoms with Crippen molar-refractivity contribution in [3.63, 3.8) is 0 Å². The Labute approximate surface area is 173 Å². The van der Waals surface area contributed by atoms with Crippen molar-refractivity contribution in [2.75, 3.05) is 42.8 Å². The monoisotopic (exact) mass is 404 g/mol. The van der Waals surface area contributed by atoms with Crippen LogP contribution in [0.1, 0.15) is 11.6 Å². The van der Waals surface area contributed by atoms with Crippen LogP contribution in [0.5, 0.6) is 17.2 Å². The first-order chi connectivity index (χ1) is 14.8. The molecule has 152 valence electrons. The maximum Gasteiger partial charge on any atom is 0.236 e. The number of hydrogen-bond donors (Lipinski definition) is 0. The van der Waals surface area contributed by atoms with Gasteiger partial charge in [0.1, 0.15) is 11.8 Å². The standard InChI is InChI=1S/C22H20N4O4/c23-13-18-22(26-10-8-25(9-11-26)16-4-2-1-3-5-16)30-21(24-18)14-27-17-6-7-19-20(12-17)29-15-28-19/h1-7,12H,8-11,14-15H2. The van der Waals surface area contributed by atoms with E-state index in [0.717, 1.165) is 26.2 Å². The first-order valence-electron chi connectivity index (χ1n) is 9.77. The Balaban J connectivity index is 1.24. The van der Waals surface area contributed by atoms with Gasteiger partial charge in [0.2, 0.25) is 24.3 Å². The minimum absolute atomic E-state index is 0.123. The van der Waals surface area contributed by atoms with Gasteiger partial charge < -0.3 is 28.4 Å². The van der Waals surface area contributed by atoms with E-state index >= 15 is 0 Å². The Kier molecular flexibility index (Phi) is 4.77. The van der Waals surface area contributed by atoms with Crippen molar-refractivity contribution in [3.05, 3.63) is 60.1 Å². The zero-order valence-electron chi connectivity index (χ0n) is 16.3. The Hall–Kier alpha value is -3.86. The number of nitriles is 1. The normalized spacial score (nSPS) is 15.2. The number of para-hydroxylation sites is 1. The number of oxazole rings is 1. The molecule has 2 aromatic carbocycles. The van der Waals surface area contributed by atoms with E-state index in [9.17, 15) is 5.26 Å². The molecule has 0 spiro atoms. The summed E-state index contributed by atoms with van der Waals surface area (Å²) in [7, 11) is 0. The molecule has 8 nitrogen and oxygen atoms in total. The van der Waals surface area contributed by atoms with Crippen LogP contribution < -0.4 is 24.0 Å². The lowest BCUT2D eigenvalue weighted by atomic mass is 10.2. The van der Waals surface area contributed by atoms with E-state index in [2.05, 4.69) is 33.0 Å². The largest absolute Gasteiger partial charge is 0.484 e. The van der Waals surface area contributed by atoms with E-state index in [0.29, 0.717) is 29.0 Å². The minimum atomic E-state index is 0.123. The van der Waals surface area contributed by atoms with Gasteiger partial charge in [-0.05, 0) is 24.3 Å². The number of anilines is 2. The molecule has 0 aliphatic carbocycles. The topological polar surface area (TPSA) is 84.0 Å². The summed E-state index contributed by atoms with van der Waals surface area (Å²) < 4.78 is 22.3. The van der Waals surface area contributed by atoms with E-state index in [1.165, 1.54) is 5.69 Å². The number of aromatic nitrogens is 1.